The van der Waals surface area contributed by atoms with Crippen LogP contribution in [0.4, 0.5) is 0 Å². The molecule has 1 aliphatic rings. The minimum absolute atomic E-state index is 0.766. The summed E-state index contributed by atoms with van der Waals surface area (Å²) < 4.78 is 0. The molecule has 0 aromatic heterocycles. The maximum absolute atomic E-state index is 9.17. The second-order valence-corrected chi connectivity index (χ2v) is 4.12. The molecule has 0 amide bonds. The minimum atomic E-state index is 0.766. The van der Waals surface area contributed by atoms with Gasteiger partial charge in [-0.2, -0.15) is 5.26 Å². The number of nitriles is 1. The second-order valence-electron chi connectivity index (χ2n) is 4.12. The number of hydrogen-bond acceptors (Lipinski definition) is 2. The van der Waals surface area contributed by atoms with E-state index in [-0.39, 0.29) is 0 Å². The van der Waals surface area contributed by atoms with Gasteiger partial charge in [0.25, 0.3) is 0 Å². The Kier molecular flexibility index (Phi) is 3.61. The Bertz CT molecular complexity index is 394. The first kappa shape index (κ1) is 10.8. The fourth-order valence-corrected chi connectivity index (χ4v) is 2.02. The van der Waals surface area contributed by atoms with Crippen LogP contribution in [0.3, 0.4) is 0 Å². The Morgan fingerprint density at radius 3 is 2.44 bits per heavy atom. The molecular weight excluding hydrogens is 196 g/mol. The number of hydrogen-bond donors (Lipinski definition) is 0. The lowest BCUT2D eigenvalue weighted by atomic mass is 10.1. The first-order valence-corrected chi connectivity index (χ1v) is 5.81. The molecule has 1 fully saturated rings. The van der Waals surface area contributed by atoms with Crippen LogP contribution >= 0.6 is 0 Å². The topological polar surface area (TPSA) is 27.0 Å². The molecule has 82 valence electrons. The number of piperidine rings is 1. The van der Waals surface area contributed by atoms with Crippen LogP contribution in [0.15, 0.2) is 36.5 Å². The Morgan fingerprint density at radius 2 is 1.81 bits per heavy atom. The lowest BCUT2D eigenvalue weighted by molar-refractivity contribution is 0.310. The monoisotopic (exact) mass is 212 g/mol. The van der Waals surface area contributed by atoms with Gasteiger partial charge in [-0.05, 0) is 24.8 Å². The van der Waals surface area contributed by atoms with Gasteiger partial charge in [-0.25, -0.2) is 0 Å². The summed E-state index contributed by atoms with van der Waals surface area (Å²) >= 11 is 0. The number of nitrogens with zero attached hydrogens (tertiary/aromatic N) is 2. The summed E-state index contributed by atoms with van der Waals surface area (Å²) in [5, 5.41) is 9.17. The van der Waals surface area contributed by atoms with Crippen LogP contribution in [-0.2, 0) is 0 Å². The molecule has 0 unspecified atom stereocenters. The van der Waals surface area contributed by atoms with Crippen LogP contribution in [0.25, 0.3) is 5.57 Å². The Balaban J connectivity index is 2.16. The molecule has 1 aromatic carbocycles. The smallest absolute Gasteiger partial charge is 0.101 e. The van der Waals surface area contributed by atoms with Gasteiger partial charge in [0.2, 0.25) is 0 Å². The fourth-order valence-electron chi connectivity index (χ4n) is 2.02. The summed E-state index contributed by atoms with van der Waals surface area (Å²) in [6, 6.07) is 12.2. The van der Waals surface area contributed by atoms with E-state index in [1.165, 1.54) is 19.3 Å². The maximum atomic E-state index is 9.17. The summed E-state index contributed by atoms with van der Waals surface area (Å²) in [4.78, 5) is 2.26. The molecule has 2 nitrogen and oxygen atoms in total. The molecule has 0 spiro atoms. The van der Waals surface area contributed by atoms with Crippen molar-refractivity contribution in [1.29, 1.82) is 5.26 Å². The highest BCUT2D eigenvalue weighted by atomic mass is 15.1. The Labute approximate surface area is 96.8 Å². The van der Waals surface area contributed by atoms with E-state index in [1.54, 1.807) is 0 Å². The first-order valence-electron chi connectivity index (χ1n) is 5.81. The van der Waals surface area contributed by atoms with Gasteiger partial charge in [0.05, 0.1) is 5.57 Å². The van der Waals surface area contributed by atoms with Gasteiger partial charge in [0, 0.05) is 19.3 Å². The lowest BCUT2D eigenvalue weighted by Crippen LogP contribution is -2.24. The second kappa shape index (κ2) is 5.37. The molecular formula is C14H16N2. The van der Waals surface area contributed by atoms with E-state index in [1.807, 2.05) is 36.5 Å². The van der Waals surface area contributed by atoms with Gasteiger partial charge in [0.1, 0.15) is 6.07 Å². The normalized spacial score (nSPS) is 16.9. The van der Waals surface area contributed by atoms with Crippen molar-refractivity contribution >= 4 is 5.57 Å². The summed E-state index contributed by atoms with van der Waals surface area (Å²) in [7, 11) is 0. The fraction of sp³-hybridized carbons (Fsp3) is 0.357. The molecule has 0 bridgehead atoms. The van der Waals surface area contributed by atoms with Crippen molar-refractivity contribution in [3.63, 3.8) is 0 Å². The highest BCUT2D eigenvalue weighted by Crippen LogP contribution is 2.16. The third-order valence-electron chi connectivity index (χ3n) is 2.91. The van der Waals surface area contributed by atoms with Crippen LogP contribution in [0.5, 0.6) is 0 Å². The quantitative estimate of drug-likeness (QED) is 0.704. The van der Waals surface area contributed by atoms with Crippen molar-refractivity contribution in [3.8, 4) is 6.07 Å². The van der Waals surface area contributed by atoms with E-state index < -0.39 is 0 Å². The number of allylic oxidation sites excluding steroid dienone is 1. The van der Waals surface area contributed by atoms with Crippen LogP contribution < -0.4 is 0 Å². The van der Waals surface area contributed by atoms with Gasteiger partial charge < -0.3 is 4.90 Å². The highest BCUT2D eigenvalue weighted by Gasteiger charge is 2.08. The third-order valence-corrected chi connectivity index (χ3v) is 2.91. The molecule has 1 aliphatic heterocycles. The third kappa shape index (κ3) is 2.64. The van der Waals surface area contributed by atoms with E-state index in [4.69, 9.17) is 5.26 Å². The standard InChI is InChI=1S/C14H16N2/c15-11-14(13-7-3-1-4-8-13)12-16-9-5-2-6-10-16/h1,3-4,7-8,12H,2,5-6,9-10H2/b14-12-. The van der Waals surface area contributed by atoms with E-state index in [2.05, 4.69) is 11.0 Å². The van der Waals surface area contributed by atoms with E-state index in [9.17, 15) is 0 Å². The molecule has 1 aromatic rings. The van der Waals surface area contributed by atoms with Crippen LogP contribution in [0.2, 0.25) is 0 Å². The Morgan fingerprint density at radius 1 is 1.12 bits per heavy atom. The van der Waals surface area contributed by atoms with E-state index >= 15 is 0 Å². The average Bonchev–Trinajstić information content (AvgIpc) is 2.38. The molecule has 0 atom stereocenters. The van der Waals surface area contributed by atoms with Gasteiger partial charge in [-0.3, -0.25) is 0 Å². The van der Waals surface area contributed by atoms with Crippen LogP contribution in [-0.4, -0.2) is 18.0 Å². The van der Waals surface area contributed by atoms with Crippen LogP contribution in [0.1, 0.15) is 24.8 Å². The van der Waals surface area contributed by atoms with Gasteiger partial charge in [-0.1, -0.05) is 30.3 Å². The van der Waals surface area contributed by atoms with Crippen molar-refractivity contribution < 1.29 is 0 Å². The molecule has 0 aliphatic carbocycles. The minimum Gasteiger partial charge on any atom is -0.376 e. The van der Waals surface area contributed by atoms with Crippen molar-refractivity contribution in [2.45, 2.75) is 19.3 Å². The Hall–Kier alpha value is -1.75. The number of rotatable bonds is 2. The van der Waals surface area contributed by atoms with Crippen LogP contribution in [0, 0.1) is 11.3 Å². The summed E-state index contributed by atoms with van der Waals surface area (Å²) in [6.45, 7) is 2.16. The lowest BCUT2D eigenvalue weighted by Gasteiger charge is -2.25. The zero-order valence-corrected chi connectivity index (χ0v) is 9.39. The zero-order valence-electron chi connectivity index (χ0n) is 9.39. The summed E-state index contributed by atoms with van der Waals surface area (Å²) in [5.74, 6) is 0. The summed E-state index contributed by atoms with van der Waals surface area (Å²) in [6.07, 6.45) is 5.81. The predicted molar refractivity (Wildman–Crippen MR) is 65.5 cm³/mol. The molecule has 16 heavy (non-hydrogen) atoms. The zero-order chi connectivity index (χ0) is 11.2. The molecule has 2 heteroatoms. The van der Waals surface area contributed by atoms with E-state index in [0.717, 1.165) is 24.2 Å². The molecule has 2 rings (SSSR count). The number of benzene rings is 1. The van der Waals surface area contributed by atoms with Crippen molar-refractivity contribution in [2.75, 3.05) is 13.1 Å². The molecule has 1 saturated heterocycles. The van der Waals surface area contributed by atoms with Crippen molar-refractivity contribution in [1.82, 2.24) is 4.90 Å². The SMILES string of the molecule is N#C/C(=C/N1CCCCC1)c1ccccc1. The molecule has 0 radical (unpaired) electrons. The largest absolute Gasteiger partial charge is 0.376 e. The van der Waals surface area contributed by atoms with Crippen molar-refractivity contribution in [2.24, 2.45) is 0 Å². The van der Waals surface area contributed by atoms with Gasteiger partial charge >= 0.3 is 0 Å². The molecule has 0 N–H and O–H groups in total. The van der Waals surface area contributed by atoms with Crippen molar-refractivity contribution in [3.05, 3.63) is 42.1 Å². The molecule has 0 saturated carbocycles. The highest BCUT2D eigenvalue weighted by molar-refractivity contribution is 5.76. The van der Waals surface area contributed by atoms with E-state index in [0.29, 0.717) is 0 Å². The van der Waals surface area contributed by atoms with Gasteiger partial charge in [0.15, 0.2) is 0 Å². The molecule has 1 heterocycles. The first-order chi connectivity index (χ1) is 7.90. The summed E-state index contributed by atoms with van der Waals surface area (Å²) in [5.41, 5.74) is 1.78. The maximum Gasteiger partial charge on any atom is 0.101 e. The predicted octanol–water partition coefficient (Wildman–Crippen LogP) is 3.04. The average molecular weight is 212 g/mol. The van der Waals surface area contributed by atoms with Gasteiger partial charge in [-0.15, -0.1) is 0 Å². The number of likely N-dealkylation sites (tertiary alicyclic amines) is 1.